The molecule has 23 heavy (non-hydrogen) atoms. The predicted octanol–water partition coefficient (Wildman–Crippen LogP) is 3.88. The summed E-state index contributed by atoms with van der Waals surface area (Å²) in [4.78, 5) is 2.02. The Morgan fingerprint density at radius 3 is 2.48 bits per heavy atom. The molecule has 0 aromatic heterocycles. The maximum absolute atomic E-state index is 13.6. The van der Waals surface area contributed by atoms with Crippen molar-refractivity contribution in [2.24, 2.45) is 0 Å². The first-order valence-corrected chi connectivity index (χ1v) is 9.15. The van der Waals surface area contributed by atoms with Crippen molar-refractivity contribution >= 4 is 33.0 Å². The molecule has 1 aliphatic heterocycles. The van der Waals surface area contributed by atoms with Gasteiger partial charge in [0.2, 0.25) is 0 Å². The number of hydrogen-bond acceptors (Lipinski definition) is 3. The van der Waals surface area contributed by atoms with Crippen molar-refractivity contribution in [1.82, 2.24) is 0 Å². The van der Waals surface area contributed by atoms with Gasteiger partial charge in [-0.15, -0.1) is 0 Å². The second-order valence-electron chi connectivity index (χ2n) is 5.39. The number of benzene rings is 2. The van der Waals surface area contributed by atoms with Crippen molar-refractivity contribution in [3.63, 3.8) is 0 Å². The zero-order valence-corrected chi connectivity index (χ0v) is 13.9. The van der Waals surface area contributed by atoms with Crippen molar-refractivity contribution in [3.8, 4) is 0 Å². The molecular formula is C16H16ClFN2O2S. The largest absolute Gasteiger partial charge is 0.370 e. The lowest BCUT2D eigenvalue weighted by atomic mass is 10.2. The number of halogens is 2. The molecule has 1 N–H and O–H groups in total. The molecule has 0 unspecified atom stereocenters. The molecule has 2 aromatic carbocycles. The number of nitrogens with one attached hydrogen (secondary N) is 1. The van der Waals surface area contributed by atoms with E-state index in [9.17, 15) is 12.8 Å². The summed E-state index contributed by atoms with van der Waals surface area (Å²) in [7, 11) is -3.89. The first-order valence-electron chi connectivity index (χ1n) is 7.29. The van der Waals surface area contributed by atoms with Gasteiger partial charge in [-0.25, -0.2) is 12.8 Å². The van der Waals surface area contributed by atoms with Crippen LogP contribution in [-0.4, -0.2) is 21.5 Å². The highest BCUT2D eigenvalue weighted by molar-refractivity contribution is 7.92. The van der Waals surface area contributed by atoms with Gasteiger partial charge in [-0.1, -0.05) is 23.7 Å². The van der Waals surface area contributed by atoms with Crippen molar-refractivity contribution in [2.45, 2.75) is 17.7 Å². The molecule has 0 amide bonds. The summed E-state index contributed by atoms with van der Waals surface area (Å²) in [5.41, 5.74) is 0.909. The van der Waals surface area contributed by atoms with E-state index in [1.54, 1.807) is 18.2 Å². The zero-order valence-electron chi connectivity index (χ0n) is 12.3. The van der Waals surface area contributed by atoms with Crippen molar-refractivity contribution < 1.29 is 12.8 Å². The van der Waals surface area contributed by atoms with E-state index in [-0.39, 0.29) is 15.6 Å². The van der Waals surface area contributed by atoms with E-state index in [1.165, 1.54) is 24.3 Å². The fraction of sp³-hybridized carbons (Fsp3) is 0.250. The Hall–Kier alpha value is -1.79. The van der Waals surface area contributed by atoms with Crippen LogP contribution in [0.5, 0.6) is 0 Å². The standard InChI is InChI=1S/C16H16ClFN2O2S/c17-13-5-1-2-6-16(13)23(21,22)19-14-11-12(18)7-8-15(14)20-9-3-4-10-20/h1-2,5-8,11,19H,3-4,9-10H2. The van der Waals surface area contributed by atoms with Crippen LogP contribution in [0.4, 0.5) is 15.8 Å². The third-order valence-corrected chi connectivity index (χ3v) is 5.64. The first-order chi connectivity index (χ1) is 11.0. The predicted molar refractivity (Wildman–Crippen MR) is 90.1 cm³/mol. The van der Waals surface area contributed by atoms with Gasteiger partial charge in [0.05, 0.1) is 16.4 Å². The molecule has 7 heteroatoms. The second-order valence-corrected chi connectivity index (χ2v) is 7.45. The van der Waals surface area contributed by atoms with Crippen LogP contribution in [0.15, 0.2) is 47.4 Å². The smallest absolute Gasteiger partial charge is 0.263 e. The highest BCUT2D eigenvalue weighted by Crippen LogP contribution is 2.32. The third-order valence-electron chi connectivity index (χ3n) is 3.78. The summed E-state index contributed by atoms with van der Waals surface area (Å²) in [6, 6.07) is 10.3. The van der Waals surface area contributed by atoms with Gasteiger partial charge in [0.25, 0.3) is 10.0 Å². The lowest BCUT2D eigenvalue weighted by Gasteiger charge is -2.22. The molecule has 0 radical (unpaired) electrons. The Balaban J connectivity index is 1.99. The monoisotopic (exact) mass is 354 g/mol. The molecular weight excluding hydrogens is 339 g/mol. The van der Waals surface area contributed by atoms with E-state index in [1.807, 2.05) is 4.90 Å². The maximum Gasteiger partial charge on any atom is 0.263 e. The Bertz CT molecular complexity index is 821. The van der Waals surface area contributed by atoms with E-state index >= 15 is 0 Å². The fourth-order valence-electron chi connectivity index (χ4n) is 2.69. The quantitative estimate of drug-likeness (QED) is 0.906. The van der Waals surface area contributed by atoms with Crippen LogP contribution in [-0.2, 0) is 10.0 Å². The number of rotatable bonds is 4. The molecule has 4 nitrogen and oxygen atoms in total. The van der Waals surface area contributed by atoms with Crippen LogP contribution < -0.4 is 9.62 Å². The minimum atomic E-state index is -3.89. The van der Waals surface area contributed by atoms with Crippen molar-refractivity contribution in [2.75, 3.05) is 22.7 Å². The van der Waals surface area contributed by atoms with Gasteiger partial charge in [0.15, 0.2) is 0 Å². The minimum absolute atomic E-state index is 0.0294. The van der Waals surface area contributed by atoms with Gasteiger partial charge in [0, 0.05) is 19.2 Å². The Labute approximate surface area is 139 Å². The summed E-state index contributed by atoms with van der Waals surface area (Å²) in [5.74, 6) is -0.496. The zero-order chi connectivity index (χ0) is 16.4. The van der Waals surface area contributed by atoms with E-state index in [0.717, 1.165) is 25.9 Å². The van der Waals surface area contributed by atoms with Gasteiger partial charge in [-0.2, -0.15) is 0 Å². The van der Waals surface area contributed by atoms with Gasteiger partial charge < -0.3 is 4.90 Å². The molecule has 1 heterocycles. The Morgan fingerprint density at radius 2 is 1.78 bits per heavy atom. The second kappa shape index (κ2) is 6.37. The van der Waals surface area contributed by atoms with Crippen LogP contribution >= 0.6 is 11.6 Å². The van der Waals surface area contributed by atoms with Crippen LogP contribution in [0.2, 0.25) is 5.02 Å². The molecule has 0 atom stereocenters. The summed E-state index contributed by atoms with van der Waals surface area (Å²) in [6.07, 6.45) is 2.07. The molecule has 122 valence electrons. The normalized spacial score (nSPS) is 15.0. The third kappa shape index (κ3) is 3.43. The molecule has 1 fully saturated rings. The Morgan fingerprint density at radius 1 is 1.09 bits per heavy atom. The average molecular weight is 355 g/mol. The van der Waals surface area contributed by atoms with Gasteiger partial charge in [0.1, 0.15) is 10.7 Å². The van der Waals surface area contributed by atoms with E-state index in [2.05, 4.69) is 4.72 Å². The molecule has 1 aliphatic rings. The van der Waals surface area contributed by atoms with E-state index in [0.29, 0.717) is 5.69 Å². The molecule has 0 aliphatic carbocycles. The summed E-state index contributed by atoms with van der Waals surface area (Å²) >= 11 is 5.97. The van der Waals surface area contributed by atoms with Gasteiger partial charge in [-0.3, -0.25) is 4.72 Å². The lowest BCUT2D eigenvalue weighted by molar-refractivity contribution is 0.601. The van der Waals surface area contributed by atoms with Crippen LogP contribution in [0, 0.1) is 5.82 Å². The van der Waals surface area contributed by atoms with Crippen molar-refractivity contribution in [3.05, 3.63) is 53.3 Å². The number of sulfonamides is 1. The lowest BCUT2D eigenvalue weighted by Crippen LogP contribution is -2.21. The molecule has 1 saturated heterocycles. The summed E-state index contributed by atoms with van der Waals surface area (Å²) < 4.78 is 41.2. The molecule has 0 bridgehead atoms. The first kappa shape index (κ1) is 16.1. The molecule has 0 saturated carbocycles. The van der Waals surface area contributed by atoms with Crippen LogP contribution in [0.1, 0.15) is 12.8 Å². The average Bonchev–Trinajstić information content (AvgIpc) is 3.01. The van der Waals surface area contributed by atoms with Crippen LogP contribution in [0.25, 0.3) is 0 Å². The summed E-state index contributed by atoms with van der Waals surface area (Å²) in [6.45, 7) is 1.65. The van der Waals surface area contributed by atoms with E-state index < -0.39 is 15.8 Å². The van der Waals surface area contributed by atoms with Crippen LogP contribution in [0.3, 0.4) is 0 Å². The number of nitrogens with zero attached hydrogens (tertiary/aromatic N) is 1. The number of hydrogen-bond donors (Lipinski definition) is 1. The topological polar surface area (TPSA) is 49.4 Å². The van der Waals surface area contributed by atoms with Gasteiger partial charge in [-0.05, 0) is 37.1 Å². The maximum atomic E-state index is 13.6. The van der Waals surface area contributed by atoms with Crippen molar-refractivity contribution in [1.29, 1.82) is 0 Å². The number of anilines is 2. The highest BCUT2D eigenvalue weighted by atomic mass is 35.5. The fourth-order valence-corrected chi connectivity index (χ4v) is 4.27. The highest BCUT2D eigenvalue weighted by Gasteiger charge is 2.22. The molecule has 0 spiro atoms. The molecule has 2 aromatic rings. The molecule has 3 rings (SSSR count). The summed E-state index contributed by atoms with van der Waals surface area (Å²) in [5, 5.41) is 0.124. The van der Waals surface area contributed by atoms with Gasteiger partial charge >= 0.3 is 0 Å². The SMILES string of the molecule is O=S(=O)(Nc1cc(F)ccc1N1CCCC1)c1ccccc1Cl. The van der Waals surface area contributed by atoms with E-state index in [4.69, 9.17) is 11.6 Å². The Kier molecular flexibility index (Phi) is 4.46. The minimum Gasteiger partial charge on any atom is -0.370 e.